The summed E-state index contributed by atoms with van der Waals surface area (Å²) in [6.45, 7) is 14.3. The summed E-state index contributed by atoms with van der Waals surface area (Å²) in [5, 5.41) is 22.8. The lowest BCUT2D eigenvalue weighted by Gasteiger charge is -2.31. The van der Waals surface area contributed by atoms with Crippen LogP contribution < -0.4 is 4.74 Å². The fourth-order valence-corrected chi connectivity index (χ4v) is 4.52. The molecule has 3 aromatic carbocycles. The molecule has 0 radical (unpaired) electrons. The maximum absolute atomic E-state index is 13.5. The molecule has 0 aliphatic carbocycles. The maximum atomic E-state index is 13.5. The highest BCUT2D eigenvalue weighted by Gasteiger charge is 2.34. The van der Waals surface area contributed by atoms with E-state index in [1.807, 2.05) is 43.3 Å². The molecule has 0 unspecified atom stereocenters. The molecule has 0 fully saturated rings. The molecule has 0 saturated carbocycles. The molecule has 186 valence electrons. The van der Waals surface area contributed by atoms with E-state index in [9.17, 15) is 15.0 Å². The average Bonchev–Trinajstić information content (AvgIpc) is 2.79. The van der Waals surface area contributed by atoms with Crippen LogP contribution in [0.3, 0.4) is 0 Å². The molecule has 0 saturated heterocycles. The van der Waals surface area contributed by atoms with Crippen molar-refractivity contribution in [1.29, 1.82) is 0 Å². The summed E-state index contributed by atoms with van der Waals surface area (Å²) in [5.74, 6) is -0.0416. The van der Waals surface area contributed by atoms with Gasteiger partial charge in [-0.25, -0.2) is 0 Å². The summed E-state index contributed by atoms with van der Waals surface area (Å²) in [6, 6.07) is 18.5. The van der Waals surface area contributed by atoms with Gasteiger partial charge in [0.1, 0.15) is 17.6 Å². The molecule has 2 N–H and O–H groups in total. The first-order chi connectivity index (χ1) is 16.3. The Balaban J connectivity index is 2.26. The van der Waals surface area contributed by atoms with Gasteiger partial charge in [-0.15, -0.1) is 0 Å². The van der Waals surface area contributed by atoms with E-state index in [0.717, 1.165) is 27.8 Å². The number of rotatable bonds is 6. The number of hydrogen-bond acceptors (Lipinski definition) is 4. The lowest BCUT2D eigenvalue weighted by atomic mass is 9.74. The van der Waals surface area contributed by atoms with Crippen molar-refractivity contribution in [2.75, 3.05) is 7.11 Å². The Bertz CT molecular complexity index is 1160. The van der Waals surface area contributed by atoms with Crippen molar-refractivity contribution in [3.63, 3.8) is 0 Å². The summed E-state index contributed by atoms with van der Waals surface area (Å²) in [6.07, 6.45) is -1.31. The van der Waals surface area contributed by atoms with Crippen LogP contribution in [0.25, 0.3) is 0 Å². The second-order valence-electron chi connectivity index (χ2n) is 11.3. The molecule has 0 aliphatic rings. The summed E-state index contributed by atoms with van der Waals surface area (Å²) in [4.78, 5) is 13.5. The first kappa shape index (κ1) is 26.5. The van der Waals surface area contributed by atoms with Gasteiger partial charge in [-0.1, -0.05) is 77.9 Å². The van der Waals surface area contributed by atoms with Crippen LogP contribution in [-0.4, -0.2) is 29.2 Å². The van der Waals surface area contributed by atoms with Crippen molar-refractivity contribution < 1.29 is 19.7 Å². The van der Waals surface area contributed by atoms with Crippen molar-refractivity contribution >= 4 is 5.78 Å². The van der Waals surface area contributed by atoms with Gasteiger partial charge in [0.25, 0.3) is 0 Å². The molecule has 0 amide bonds. The lowest BCUT2D eigenvalue weighted by molar-refractivity contribution is 0.0714. The fraction of sp³-hybridized carbons (Fsp3) is 0.387. The lowest BCUT2D eigenvalue weighted by Crippen LogP contribution is -2.30. The van der Waals surface area contributed by atoms with Crippen LogP contribution in [0, 0.1) is 6.92 Å². The Labute approximate surface area is 209 Å². The number of ketones is 1. The zero-order chi connectivity index (χ0) is 26.1. The van der Waals surface area contributed by atoms with E-state index in [1.54, 1.807) is 31.4 Å². The van der Waals surface area contributed by atoms with Gasteiger partial charge < -0.3 is 14.9 Å². The SMILES string of the molecule is COc1ccc(C(=O)[C@H](O)[C@H](c2cc(C(C)(C)C)c(O)c(C(C)(C)C)c2)c2ccccc2C)cc1. The zero-order valence-corrected chi connectivity index (χ0v) is 22.1. The smallest absolute Gasteiger partial charge is 0.192 e. The second kappa shape index (κ2) is 9.87. The quantitative estimate of drug-likeness (QED) is 0.391. The number of aliphatic hydroxyl groups excluding tert-OH is 1. The highest BCUT2D eigenvalue weighted by atomic mass is 16.5. The Morgan fingerprint density at radius 3 is 1.83 bits per heavy atom. The number of phenolic OH excluding ortho intramolecular Hbond substituents is 1. The molecular weight excluding hydrogens is 436 g/mol. The van der Waals surface area contributed by atoms with Crippen LogP contribution in [-0.2, 0) is 10.8 Å². The van der Waals surface area contributed by atoms with E-state index in [4.69, 9.17) is 4.74 Å². The molecule has 0 spiro atoms. The van der Waals surface area contributed by atoms with Gasteiger partial charge in [0.05, 0.1) is 7.11 Å². The number of aryl methyl sites for hydroxylation is 1. The summed E-state index contributed by atoms with van der Waals surface area (Å²) in [5.41, 5.74) is 4.02. The Hall–Kier alpha value is -3.11. The zero-order valence-electron chi connectivity index (χ0n) is 22.1. The van der Waals surface area contributed by atoms with E-state index in [2.05, 4.69) is 41.5 Å². The Morgan fingerprint density at radius 2 is 1.37 bits per heavy atom. The summed E-state index contributed by atoms with van der Waals surface area (Å²) in [7, 11) is 1.57. The van der Waals surface area contributed by atoms with E-state index in [1.165, 1.54) is 0 Å². The number of Topliss-reactive ketones (excluding diaryl/α,β-unsaturated/α-hetero) is 1. The van der Waals surface area contributed by atoms with Crippen LogP contribution >= 0.6 is 0 Å². The topological polar surface area (TPSA) is 66.8 Å². The summed E-state index contributed by atoms with van der Waals surface area (Å²) < 4.78 is 5.21. The first-order valence-electron chi connectivity index (χ1n) is 12.1. The van der Waals surface area contributed by atoms with E-state index >= 15 is 0 Å². The predicted octanol–water partition coefficient (Wildman–Crippen LogP) is 6.68. The van der Waals surface area contributed by atoms with Crippen molar-refractivity contribution in [1.82, 2.24) is 0 Å². The molecule has 4 heteroatoms. The number of aromatic hydroxyl groups is 1. The number of aliphatic hydroxyl groups is 1. The molecule has 0 bridgehead atoms. The van der Waals surface area contributed by atoms with Crippen molar-refractivity contribution in [3.8, 4) is 11.5 Å². The number of ether oxygens (including phenoxy) is 1. The van der Waals surface area contributed by atoms with Crippen LogP contribution in [0.1, 0.15) is 85.6 Å². The number of methoxy groups -OCH3 is 1. The van der Waals surface area contributed by atoms with Crippen LogP contribution in [0.4, 0.5) is 0 Å². The second-order valence-corrected chi connectivity index (χ2v) is 11.3. The third kappa shape index (κ3) is 5.59. The minimum atomic E-state index is -1.31. The first-order valence-corrected chi connectivity index (χ1v) is 12.1. The van der Waals surface area contributed by atoms with Gasteiger partial charge in [0, 0.05) is 11.5 Å². The largest absolute Gasteiger partial charge is 0.507 e. The average molecular weight is 475 g/mol. The van der Waals surface area contributed by atoms with Gasteiger partial charge in [-0.3, -0.25) is 4.79 Å². The maximum Gasteiger partial charge on any atom is 0.192 e. The minimum Gasteiger partial charge on any atom is -0.507 e. The minimum absolute atomic E-state index is 0.272. The van der Waals surface area contributed by atoms with Crippen LogP contribution in [0.5, 0.6) is 11.5 Å². The van der Waals surface area contributed by atoms with Crippen molar-refractivity contribution in [2.45, 2.75) is 71.3 Å². The van der Waals surface area contributed by atoms with E-state index < -0.39 is 12.0 Å². The molecule has 2 atom stereocenters. The van der Waals surface area contributed by atoms with Gasteiger partial charge >= 0.3 is 0 Å². The van der Waals surface area contributed by atoms with Gasteiger partial charge in [0.15, 0.2) is 5.78 Å². The number of carbonyl (C=O) groups excluding carboxylic acids is 1. The van der Waals surface area contributed by atoms with E-state index in [-0.39, 0.29) is 22.4 Å². The Kier molecular flexibility index (Phi) is 7.47. The number of hydrogen-bond donors (Lipinski definition) is 2. The molecule has 35 heavy (non-hydrogen) atoms. The molecule has 3 aromatic rings. The third-order valence-electron chi connectivity index (χ3n) is 6.59. The molecule has 4 nitrogen and oxygen atoms in total. The number of carbonyl (C=O) groups is 1. The van der Waals surface area contributed by atoms with Gasteiger partial charge in [-0.05, 0) is 69.8 Å². The Morgan fingerprint density at radius 1 is 0.857 bits per heavy atom. The van der Waals surface area contributed by atoms with Crippen molar-refractivity contribution in [2.24, 2.45) is 0 Å². The van der Waals surface area contributed by atoms with Gasteiger partial charge in [0.2, 0.25) is 0 Å². The summed E-state index contributed by atoms with van der Waals surface area (Å²) >= 11 is 0. The highest BCUT2D eigenvalue weighted by Crippen LogP contribution is 2.43. The van der Waals surface area contributed by atoms with E-state index in [0.29, 0.717) is 11.3 Å². The van der Waals surface area contributed by atoms with Crippen LogP contribution in [0.2, 0.25) is 0 Å². The molecular formula is C31H38O4. The van der Waals surface area contributed by atoms with Crippen LogP contribution in [0.15, 0.2) is 60.7 Å². The standard InChI is InChI=1S/C31H38O4/c1-19-11-9-10-12-23(19)26(29(34)27(32)20-13-15-22(35-8)16-14-20)21-17-24(30(2,3)4)28(33)25(18-21)31(5,6)7/h9-18,26,29,33-34H,1-8H3/t26-,29-/m1/s1. The van der Waals surface area contributed by atoms with Gasteiger partial charge in [-0.2, -0.15) is 0 Å². The molecule has 3 rings (SSSR count). The normalized spacial score (nSPS) is 13.9. The molecule has 0 aromatic heterocycles. The highest BCUT2D eigenvalue weighted by molar-refractivity contribution is 6.00. The fourth-order valence-electron chi connectivity index (χ4n) is 4.52. The predicted molar refractivity (Wildman–Crippen MR) is 142 cm³/mol. The number of phenols is 1. The molecule has 0 heterocycles. The third-order valence-corrected chi connectivity index (χ3v) is 6.59. The van der Waals surface area contributed by atoms with Crippen molar-refractivity contribution in [3.05, 3.63) is 94.0 Å². The monoisotopic (exact) mass is 474 g/mol. The molecule has 0 aliphatic heterocycles. The number of benzene rings is 3.